The zero-order valence-corrected chi connectivity index (χ0v) is 11.6. The molecule has 1 aromatic carbocycles. The molecular weight excluding hydrogens is 240 g/mol. The number of hydrogen-bond donors (Lipinski definition) is 1. The standard InChI is InChI=1S/C15H20N2O2/c1-4-13-14(18)16-11(3)15(19)17(13)9-12-8-6-5-7-10(12)2/h5-8,11,13H,4,9H2,1-3H3,(H,16,18). The van der Waals surface area contributed by atoms with Crippen molar-refractivity contribution in [2.75, 3.05) is 0 Å². The van der Waals surface area contributed by atoms with Crippen molar-refractivity contribution >= 4 is 11.8 Å². The number of carbonyl (C=O) groups excluding carboxylic acids is 2. The van der Waals surface area contributed by atoms with Crippen molar-refractivity contribution in [3.63, 3.8) is 0 Å². The van der Waals surface area contributed by atoms with Crippen molar-refractivity contribution in [1.29, 1.82) is 0 Å². The second kappa shape index (κ2) is 5.43. The normalized spacial score (nSPS) is 23.4. The number of amides is 2. The molecule has 2 rings (SSSR count). The fraction of sp³-hybridized carbons (Fsp3) is 0.467. The Morgan fingerprint density at radius 1 is 1.26 bits per heavy atom. The summed E-state index contributed by atoms with van der Waals surface area (Å²) in [6.45, 7) is 6.19. The van der Waals surface area contributed by atoms with Gasteiger partial charge in [0.1, 0.15) is 12.1 Å². The summed E-state index contributed by atoms with van der Waals surface area (Å²) in [6, 6.07) is 7.17. The number of hydrogen-bond acceptors (Lipinski definition) is 2. The van der Waals surface area contributed by atoms with Crippen molar-refractivity contribution < 1.29 is 9.59 Å². The van der Waals surface area contributed by atoms with Gasteiger partial charge in [0.15, 0.2) is 0 Å². The van der Waals surface area contributed by atoms with E-state index in [0.717, 1.165) is 11.1 Å². The van der Waals surface area contributed by atoms with Gasteiger partial charge in [0.2, 0.25) is 11.8 Å². The van der Waals surface area contributed by atoms with Crippen molar-refractivity contribution in [2.24, 2.45) is 0 Å². The summed E-state index contributed by atoms with van der Waals surface area (Å²) >= 11 is 0. The summed E-state index contributed by atoms with van der Waals surface area (Å²) in [5.41, 5.74) is 2.24. The fourth-order valence-electron chi connectivity index (χ4n) is 2.48. The summed E-state index contributed by atoms with van der Waals surface area (Å²) in [5.74, 6) is -0.0575. The molecule has 4 heteroatoms. The largest absolute Gasteiger partial charge is 0.343 e. The second-order valence-electron chi connectivity index (χ2n) is 5.05. The molecule has 0 bridgehead atoms. The molecule has 2 amide bonds. The maximum absolute atomic E-state index is 12.3. The molecule has 0 aliphatic carbocycles. The number of carbonyl (C=O) groups is 2. The third-order valence-electron chi connectivity index (χ3n) is 3.68. The molecule has 2 unspecified atom stereocenters. The SMILES string of the molecule is CCC1C(=O)NC(C)C(=O)N1Cc1ccccc1C. The Balaban J connectivity index is 2.27. The Labute approximate surface area is 113 Å². The van der Waals surface area contributed by atoms with E-state index in [2.05, 4.69) is 5.32 Å². The van der Waals surface area contributed by atoms with Gasteiger partial charge in [-0.25, -0.2) is 0 Å². The van der Waals surface area contributed by atoms with Gasteiger partial charge in [-0.15, -0.1) is 0 Å². The summed E-state index contributed by atoms with van der Waals surface area (Å²) in [7, 11) is 0. The average molecular weight is 260 g/mol. The number of aryl methyl sites for hydroxylation is 1. The molecule has 0 radical (unpaired) electrons. The molecule has 1 heterocycles. The molecule has 102 valence electrons. The summed E-state index contributed by atoms with van der Waals surface area (Å²) in [5, 5.41) is 2.73. The minimum Gasteiger partial charge on any atom is -0.343 e. The van der Waals surface area contributed by atoms with Crippen LogP contribution in [0.4, 0.5) is 0 Å². The Kier molecular flexibility index (Phi) is 3.88. The molecule has 1 aliphatic rings. The van der Waals surface area contributed by atoms with Gasteiger partial charge in [0.05, 0.1) is 0 Å². The first-order chi connectivity index (χ1) is 9.04. The van der Waals surface area contributed by atoms with Crippen LogP contribution in [0, 0.1) is 6.92 Å². The molecule has 1 aliphatic heterocycles. The van der Waals surface area contributed by atoms with Gasteiger partial charge >= 0.3 is 0 Å². The van der Waals surface area contributed by atoms with E-state index in [1.165, 1.54) is 0 Å². The number of piperazine rings is 1. The number of nitrogens with zero attached hydrogens (tertiary/aromatic N) is 1. The minimum absolute atomic E-state index is 0.00490. The monoisotopic (exact) mass is 260 g/mol. The molecule has 1 N–H and O–H groups in total. The quantitative estimate of drug-likeness (QED) is 0.898. The van der Waals surface area contributed by atoms with E-state index in [1.807, 2.05) is 38.1 Å². The lowest BCUT2D eigenvalue weighted by molar-refractivity contribution is -0.149. The number of benzene rings is 1. The summed E-state index contributed by atoms with van der Waals surface area (Å²) < 4.78 is 0. The van der Waals surface area contributed by atoms with Crippen LogP contribution in [0.3, 0.4) is 0 Å². The van der Waals surface area contributed by atoms with Crippen LogP contribution < -0.4 is 5.32 Å². The van der Waals surface area contributed by atoms with Gasteiger partial charge in [-0.3, -0.25) is 9.59 Å². The lowest BCUT2D eigenvalue weighted by Gasteiger charge is -2.37. The van der Waals surface area contributed by atoms with E-state index < -0.39 is 6.04 Å². The van der Waals surface area contributed by atoms with Crippen molar-refractivity contribution in [1.82, 2.24) is 10.2 Å². The number of nitrogens with one attached hydrogen (secondary N) is 1. The molecule has 1 fully saturated rings. The Hall–Kier alpha value is -1.84. The van der Waals surface area contributed by atoms with Gasteiger partial charge in [-0.2, -0.15) is 0 Å². The zero-order chi connectivity index (χ0) is 14.0. The molecule has 1 aromatic rings. The maximum Gasteiger partial charge on any atom is 0.245 e. The summed E-state index contributed by atoms with van der Waals surface area (Å²) in [6.07, 6.45) is 0.635. The maximum atomic E-state index is 12.3. The predicted octanol–water partition coefficient (Wildman–Crippen LogP) is 1.62. The second-order valence-corrected chi connectivity index (χ2v) is 5.05. The van der Waals surface area contributed by atoms with Gasteiger partial charge in [-0.1, -0.05) is 31.2 Å². The van der Waals surface area contributed by atoms with Gasteiger partial charge in [-0.05, 0) is 31.4 Å². The predicted molar refractivity (Wildman–Crippen MR) is 73.4 cm³/mol. The van der Waals surface area contributed by atoms with Crippen LogP contribution in [0.15, 0.2) is 24.3 Å². The first kappa shape index (κ1) is 13.6. The Morgan fingerprint density at radius 2 is 1.95 bits per heavy atom. The van der Waals surface area contributed by atoms with Crippen molar-refractivity contribution in [2.45, 2.75) is 45.8 Å². The highest BCUT2D eigenvalue weighted by atomic mass is 16.2. The van der Waals surface area contributed by atoms with Crippen LogP contribution in [-0.2, 0) is 16.1 Å². The molecule has 2 atom stereocenters. The van der Waals surface area contributed by atoms with E-state index in [0.29, 0.717) is 13.0 Å². The van der Waals surface area contributed by atoms with E-state index in [-0.39, 0.29) is 17.9 Å². The first-order valence-corrected chi connectivity index (χ1v) is 6.70. The molecule has 0 aromatic heterocycles. The number of rotatable bonds is 3. The summed E-state index contributed by atoms with van der Waals surface area (Å²) in [4.78, 5) is 25.9. The van der Waals surface area contributed by atoms with Crippen LogP contribution in [0.1, 0.15) is 31.4 Å². The molecule has 4 nitrogen and oxygen atoms in total. The highest BCUT2D eigenvalue weighted by molar-refractivity contribution is 5.96. The molecule has 19 heavy (non-hydrogen) atoms. The van der Waals surface area contributed by atoms with Crippen LogP contribution >= 0.6 is 0 Å². The van der Waals surface area contributed by atoms with Crippen LogP contribution in [0.5, 0.6) is 0 Å². The van der Waals surface area contributed by atoms with Gasteiger partial charge < -0.3 is 10.2 Å². The van der Waals surface area contributed by atoms with E-state index in [4.69, 9.17) is 0 Å². The molecular formula is C15H20N2O2. The van der Waals surface area contributed by atoms with E-state index in [1.54, 1.807) is 11.8 Å². The van der Waals surface area contributed by atoms with Crippen molar-refractivity contribution in [3.05, 3.63) is 35.4 Å². The minimum atomic E-state index is -0.431. The first-order valence-electron chi connectivity index (χ1n) is 6.70. The topological polar surface area (TPSA) is 49.4 Å². The highest BCUT2D eigenvalue weighted by Crippen LogP contribution is 2.18. The van der Waals surface area contributed by atoms with Crippen LogP contribution in [-0.4, -0.2) is 28.8 Å². The fourth-order valence-corrected chi connectivity index (χ4v) is 2.48. The molecule has 0 saturated carbocycles. The third-order valence-corrected chi connectivity index (χ3v) is 3.68. The lowest BCUT2D eigenvalue weighted by Crippen LogP contribution is -2.61. The molecule has 0 spiro atoms. The van der Waals surface area contributed by atoms with Crippen LogP contribution in [0.25, 0.3) is 0 Å². The smallest absolute Gasteiger partial charge is 0.245 e. The van der Waals surface area contributed by atoms with E-state index in [9.17, 15) is 9.59 Å². The Bertz CT molecular complexity index is 499. The highest BCUT2D eigenvalue weighted by Gasteiger charge is 2.37. The van der Waals surface area contributed by atoms with E-state index >= 15 is 0 Å². The molecule has 1 saturated heterocycles. The zero-order valence-electron chi connectivity index (χ0n) is 11.6. The van der Waals surface area contributed by atoms with Gasteiger partial charge in [0, 0.05) is 6.54 Å². The van der Waals surface area contributed by atoms with Crippen molar-refractivity contribution in [3.8, 4) is 0 Å². The Morgan fingerprint density at radius 3 is 2.58 bits per heavy atom. The average Bonchev–Trinajstić information content (AvgIpc) is 2.38. The van der Waals surface area contributed by atoms with Gasteiger partial charge in [0.25, 0.3) is 0 Å². The third kappa shape index (κ3) is 2.62. The lowest BCUT2D eigenvalue weighted by atomic mass is 10.0. The van der Waals surface area contributed by atoms with Crippen LogP contribution in [0.2, 0.25) is 0 Å².